The Bertz CT molecular complexity index is 750. The molecular weight excluding hydrogens is 389 g/mol. The number of likely N-dealkylation sites (N-methyl/N-ethyl adjacent to an activating group) is 1. The van der Waals surface area contributed by atoms with Crippen molar-refractivity contribution >= 4 is 41.5 Å². The van der Waals surface area contributed by atoms with E-state index in [1.54, 1.807) is 19.2 Å². The minimum atomic E-state index is -0.572. The number of ether oxygens (including phenoxy) is 1. The largest absolute Gasteiger partial charge is 0.478 e. The summed E-state index contributed by atoms with van der Waals surface area (Å²) in [6.07, 6.45) is 2.23. The van der Waals surface area contributed by atoms with E-state index >= 15 is 0 Å². The number of carbonyl (C=O) groups excluding carboxylic acids is 2. The summed E-state index contributed by atoms with van der Waals surface area (Å²) in [4.78, 5) is 29.3. The molecule has 0 radical (unpaired) electrons. The lowest BCUT2D eigenvalue weighted by atomic mass is 9.84. The van der Waals surface area contributed by atoms with Gasteiger partial charge in [0.25, 0.3) is 11.8 Å². The van der Waals surface area contributed by atoms with E-state index in [4.69, 9.17) is 16.3 Å². The van der Waals surface area contributed by atoms with Crippen molar-refractivity contribution in [3.05, 3.63) is 22.7 Å². The van der Waals surface area contributed by atoms with Gasteiger partial charge >= 0.3 is 0 Å². The van der Waals surface area contributed by atoms with Gasteiger partial charge in [-0.15, -0.1) is 12.4 Å². The molecule has 0 spiro atoms. The van der Waals surface area contributed by atoms with Gasteiger partial charge in [0.15, 0.2) is 11.9 Å². The minimum absolute atomic E-state index is 0. The Morgan fingerprint density at radius 2 is 2.04 bits per heavy atom. The van der Waals surface area contributed by atoms with Crippen LogP contribution in [0.1, 0.15) is 36.5 Å². The van der Waals surface area contributed by atoms with Crippen LogP contribution in [-0.2, 0) is 4.79 Å². The molecule has 3 fully saturated rings. The van der Waals surface area contributed by atoms with Crippen LogP contribution in [0.15, 0.2) is 12.1 Å². The molecule has 2 amide bonds. The molecule has 0 aliphatic carbocycles. The average molecular weight is 414 g/mol. The van der Waals surface area contributed by atoms with Crippen LogP contribution >= 0.6 is 24.0 Å². The third-order valence-electron chi connectivity index (χ3n) is 5.85. The number of nitrogens with zero attached hydrogens (tertiary/aromatic N) is 2. The zero-order valence-electron chi connectivity index (χ0n) is 15.5. The molecule has 3 saturated heterocycles. The normalized spacial score (nSPS) is 28.9. The summed E-state index contributed by atoms with van der Waals surface area (Å²) in [6.45, 7) is 5.04. The standard InChI is InChI=1S/C19H24ClN3O3.ClH/c1-3-16-19(25)22(2)15-9-12(20)8-13(17(15)26-16)18(24)21-14-10-23-6-4-11(14)5-7-23;/h8-9,11,14,16H,3-7,10H2,1-2H3,(H,21,24);1H. The van der Waals surface area contributed by atoms with Crippen LogP contribution in [0, 0.1) is 5.92 Å². The highest BCUT2D eigenvalue weighted by atomic mass is 35.5. The van der Waals surface area contributed by atoms with Gasteiger partial charge in [0, 0.05) is 24.7 Å². The molecule has 8 heteroatoms. The Morgan fingerprint density at radius 3 is 2.63 bits per heavy atom. The fourth-order valence-electron chi connectivity index (χ4n) is 4.28. The molecule has 4 aliphatic rings. The van der Waals surface area contributed by atoms with Crippen LogP contribution in [0.25, 0.3) is 0 Å². The van der Waals surface area contributed by atoms with Gasteiger partial charge in [-0.1, -0.05) is 18.5 Å². The maximum absolute atomic E-state index is 13.0. The van der Waals surface area contributed by atoms with Crippen molar-refractivity contribution in [3.63, 3.8) is 0 Å². The second kappa shape index (κ2) is 7.86. The van der Waals surface area contributed by atoms with Crippen LogP contribution in [0.4, 0.5) is 5.69 Å². The van der Waals surface area contributed by atoms with Gasteiger partial charge in [-0.2, -0.15) is 0 Å². The molecule has 4 aliphatic heterocycles. The van der Waals surface area contributed by atoms with Gasteiger partial charge in [-0.05, 0) is 50.4 Å². The summed E-state index contributed by atoms with van der Waals surface area (Å²) in [7, 11) is 1.69. The molecule has 1 aromatic carbocycles. The third kappa shape index (κ3) is 3.62. The quantitative estimate of drug-likeness (QED) is 0.827. The van der Waals surface area contributed by atoms with Crippen molar-refractivity contribution < 1.29 is 14.3 Å². The maximum atomic E-state index is 13.0. The summed E-state index contributed by atoms with van der Waals surface area (Å²) in [6, 6.07) is 3.46. The number of rotatable bonds is 3. The Balaban J connectivity index is 0.00000210. The molecule has 1 N–H and O–H groups in total. The van der Waals surface area contributed by atoms with Crippen molar-refractivity contribution in [1.82, 2.24) is 10.2 Å². The number of anilines is 1. The topological polar surface area (TPSA) is 61.9 Å². The van der Waals surface area contributed by atoms with Crippen molar-refractivity contribution in [3.8, 4) is 5.75 Å². The van der Waals surface area contributed by atoms with E-state index in [2.05, 4.69) is 10.2 Å². The summed E-state index contributed by atoms with van der Waals surface area (Å²) in [5, 5.41) is 3.60. The first kappa shape index (κ1) is 20.2. The van der Waals surface area contributed by atoms with E-state index in [9.17, 15) is 9.59 Å². The number of amides is 2. The second-order valence-electron chi connectivity index (χ2n) is 7.43. The number of carbonyl (C=O) groups is 2. The lowest BCUT2D eigenvalue weighted by molar-refractivity contribution is -0.126. The third-order valence-corrected chi connectivity index (χ3v) is 6.07. The molecule has 148 valence electrons. The van der Waals surface area contributed by atoms with Gasteiger partial charge in [-0.25, -0.2) is 0 Å². The molecule has 0 aromatic heterocycles. The highest BCUT2D eigenvalue weighted by molar-refractivity contribution is 6.31. The molecule has 1 aromatic rings. The van der Waals surface area contributed by atoms with Crippen LogP contribution in [0.5, 0.6) is 5.75 Å². The zero-order valence-corrected chi connectivity index (χ0v) is 17.1. The molecule has 5 rings (SSSR count). The van der Waals surface area contributed by atoms with Gasteiger partial charge < -0.3 is 19.9 Å². The number of benzene rings is 1. The predicted molar refractivity (Wildman–Crippen MR) is 107 cm³/mol. The summed E-state index contributed by atoms with van der Waals surface area (Å²) < 4.78 is 5.90. The van der Waals surface area contributed by atoms with Crippen molar-refractivity contribution in [2.24, 2.45) is 5.92 Å². The number of hydrogen-bond acceptors (Lipinski definition) is 4. The van der Waals surface area contributed by atoms with Crippen molar-refractivity contribution in [2.75, 3.05) is 31.6 Å². The van der Waals surface area contributed by atoms with Crippen LogP contribution < -0.4 is 15.0 Å². The summed E-state index contributed by atoms with van der Waals surface area (Å²) in [5.41, 5.74) is 0.952. The molecular formula is C19H25Cl2N3O3. The predicted octanol–water partition coefficient (Wildman–Crippen LogP) is 2.72. The van der Waals surface area contributed by atoms with Crippen LogP contribution in [-0.4, -0.2) is 55.5 Å². The average Bonchev–Trinajstić information content (AvgIpc) is 2.65. The van der Waals surface area contributed by atoms with E-state index in [0.29, 0.717) is 34.4 Å². The Labute approximate surface area is 170 Å². The fraction of sp³-hybridized carbons (Fsp3) is 0.579. The zero-order chi connectivity index (χ0) is 18.4. The lowest BCUT2D eigenvalue weighted by Crippen LogP contribution is -2.57. The molecule has 2 atom stereocenters. The molecule has 4 heterocycles. The Kier molecular flexibility index (Phi) is 5.89. The Morgan fingerprint density at radius 1 is 1.33 bits per heavy atom. The maximum Gasteiger partial charge on any atom is 0.267 e. The van der Waals surface area contributed by atoms with Crippen molar-refractivity contribution in [1.29, 1.82) is 0 Å². The van der Waals surface area contributed by atoms with E-state index in [-0.39, 0.29) is 30.3 Å². The number of nitrogens with one attached hydrogen (secondary N) is 1. The van der Waals surface area contributed by atoms with Crippen molar-refractivity contribution in [2.45, 2.75) is 38.3 Å². The highest BCUT2D eigenvalue weighted by Gasteiger charge is 2.37. The molecule has 2 unspecified atom stereocenters. The van der Waals surface area contributed by atoms with E-state index < -0.39 is 6.10 Å². The monoisotopic (exact) mass is 413 g/mol. The van der Waals surface area contributed by atoms with Crippen LogP contribution in [0.2, 0.25) is 5.02 Å². The van der Waals surface area contributed by atoms with Gasteiger partial charge in [-0.3, -0.25) is 9.59 Å². The smallest absolute Gasteiger partial charge is 0.267 e. The van der Waals surface area contributed by atoms with Gasteiger partial charge in [0.2, 0.25) is 0 Å². The lowest BCUT2D eigenvalue weighted by Gasteiger charge is -2.45. The van der Waals surface area contributed by atoms with E-state index in [0.717, 1.165) is 32.5 Å². The highest BCUT2D eigenvalue weighted by Crippen LogP contribution is 2.40. The number of hydrogen-bond donors (Lipinski definition) is 1. The molecule has 6 nitrogen and oxygen atoms in total. The second-order valence-corrected chi connectivity index (χ2v) is 7.87. The van der Waals surface area contributed by atoms with Gasteiger partial charge in [0.05, 0.1) is 11.3 Å². The summed E-state index contributed by atoms with van der Waals surface area (Å²) in [5.74, 6) is 0.681. The molecule has 0 saturated carbocycles. The number of piperidine rings is 3. The number of fused-ring (bicyclic) bond motifs is 4. The van der Waals surface area contributed by atoms with Crippen LogP contribution in [0.3, 0.4) is 0 Å². The first-order valence-electron chi connectivity index (χ1n) is 9.29. The minimum Gasteiger partial charge on any atom is -0.478 e. The first-order chi connectivity index (χ1) is 12.5. The fourth-order valence-corrected chi connectivity index (χ4v) is 4.49. The summed E-state index contributed by atoms with van der Waals surface area (Å²) >= 11 is 6.23. The van der Waals surface area contributed by atoms with E-state index in [1.807, 2.05) is 6.92 Å². The number of halogens is 2. The Hall–Kier alpha value is -1.50. The van der Waals surface area contributed by atoms with Gasteiger partial charge in [0.1, 0.15) is 0 Å². The molecule has 2 bridgehead atoms. The first-order valence-corrected chi connectivity index (χ1v) is 9.66. The van der Waals surface area contributed by atoms with E-state index in [1.165, 1.54) is 4.90 Å². The SMILES string of the molecule is CCC1Oc2c(C(=O)NC3CN4CCC3CC4)cc(Cl)cc2N(C)C1=O.Cl. The molecule has 27 heavy (non-hydrogen) atoms.